The van der Waals surface area contributed by atoms with Crippen molar-refractivity contribution in [2.45, 2.75) is 31.7 Å². The van der Waals surface area contributed by atoms with Gasteiger partial charge in [-0.2, -0.15) is 0 Å². The summed E-state index contributed by atoms with van der Waals surface area (Å²) < 4.78 is 10.9. The molecule has 1 unspecified atom stereocenters. The molecule has 2 saturated heterocycles. The predicted octanol–water partition coefficient (Wildman–Crippen LogP) is 1.95. The smallest absolute Gasteiger partial charge is 0.193 e. The summed E-state index contributed by atoms with van der Waals surface area (Å²) in [5.74, 6) is 1.90. The Kier molecular flexibility index (Phi) is 6.60. The number of guanidine groups is 1. The summed E-state index contributed by atoms with van der Waals surface area (Å²) in [5.41, 5.74) is 1.24. The first-order valence-electron chi connectivity index (χ1n) is 9.95. The maximum Gasteiger partial charge on any atom is 0.193 e. The van der Waals surface area contributed by atoms with Crippen LogP contribution in [0.2, 0.25) is 0 Å². The molecule has 1 aromatic carbocycles. The average Bonchev–Trinajstić information content (AvgIpc) is 3.19. The Bertz CT molecular complexity index is 641. The van der Waals surface area contributed by atoms with Gasteiger partial charge in [-0.05, 0) is 24.1 Å². The van der Waals surface area contributed by atoms with Crippen LogP contribution in [0, 0.1) is 0 Å². The molecule has 2 heterocycles. The van der Waals surface area contributed by atoms with Crippen molar-refractivity contribution in [3.8, 4) is 5.75 Å². The fraction of sp³-hybridized carbons (Fsp3) is 0.667. The molecule has 3 rings (SSSR count). The van der Waals surface area contributed by atoms with Crippen LogP contribution >= 0.6 is 0 Å². The number of benzene rings is 1. The van der Waals surface area contributed by atoms with Gasteiger partial charge in [0.2, 0.25) is 0 Å². The Labute approximate surface area is 163 Å². The van der Waals surface area contributed by atoms with Crippen LogP contribution in [0.3, 0.4) is 0 Å². The van der Waals surface area contributed by atoms with E-state index in [0.717, 1.165) is 57.6 Å². The average molecular weight is 375 g/mol. The first-order valence-corrected chi connectivity index (χ1v) is 9.95. The van der Waals surface area contributed by atoms with Gasteiger partial charge in [-0.3, -0.25) is 9.89 Å². The van der Waals surface area contributed by atoms with E-state index >= 15 is 0 Å². The number of ether oxygens (including phenoxy) is 2. The van der Waals surface area contributed by atoms with E-state index in [4.69, 9.17) is 9.47 Å². The van der Waals surface area contributed by atoms with Gasteiger partial charge in [-0.15, -0.1) is 0 Å². The molecule has 1 N–H and O–H groups in total. The highest BCUT2D eigenvalue weighted by atomic mass is 16.5. The van der Waals surface area contributed by atoms with Crippen molar-refractivity contribution in [2.75, 3.05) is 60.1 Å². The molecule has 0 saturated carbocycles. The summed E-state index contributed by atoms with van der Waals surface area (Å²) in [5, 5.41) is 3.60. The van der Waals surface area contributed by atoms with E-state index in [-0.39, 0.29) is 5.41 Å². The van der Waals surface area contributed by atoms with Crippen LogP contribution in [0.25, 0.3) is 0 Å². The second-order valence-corrected chi connectivity index (χ2v) is 8.05. The van der Waals surface area contributed by atoms with Crippen molar-refractivity contribution in [1.82, 2.24) is 15.1 Å². The highest BCUT2D eigenvalue weighted by Crippen LogP contribution is 2.26. The Balaban J connectivity index is 1.57. The van der Waals surface area contributed by atoms with Gasteiger partial charge in [0, 0.05) is 51.2 Å². The molecule has 2 fully saturated rings. The standard InChI is InChI=1S/C21H34N4O2/c1-21(2,17-6-5-7-19(14-17)26-4)16-23-20(22-3)25-9-8-18(15-25)24-10-12-27-13-11-24/h5-7,14,18H,8-13,15-16H2,1-4H3,(H,22,23). The normalized spacial score (nSPS) is 22.1. The largest absolute Gasteiger partial charge is 0.497 e. The number of nitrogens with zero attached hydrogens (tertiary/aromatic N) is 3. The molecular weight excluding hydrogens is 340 g/mol. The van der Waals surface area contributed by atoms with E-state index < -0.39 is 0 Å². The zero-order valence-corrected chi connectivity index (χ0v) is 17.2. The fourth-order valence-corrected chi connectivity index (χ4v) is 3.95. The van der Waals surface area contributed by atoms with Crippen molar-refractivity contribution < 1.29 is 9.47 Å². The van der Waals surface area contributed by atoms with Gasteiger partial charge in [0.1, 0.15) is 5.75 Å². The zero-order valence-electron chi connectivity index (χ0n) is 17.2. The van der Waals surface area contributed by atoms with Gasteiger partial charge in [-0.1, -0.05) is 26.0 Å². The second-order valence-electron chi connectivity index (χ2n) is 8.05. The van der Waals surface area contributed by atoms with Crippen LogP contribution in [-0.4, -0.2) is 81.9 Å². The number of hydrogen-bond donors (Lipinski definition) is 1. The van der Waals surface area contributed by atoms with Crippen LogP contribution in [0.4, 0.5) is 0 Å². The third-order valence-electron chi connectivity index (χ3n) is 5.78. The first-order chi connectivity index (χ1) is 13.0. The molecule has 150 valence electrons. The SMILES string of the molecule is CN=C(NCC(C)(C)c1cccc(OC)c1)N1CCC(N2CCOCC2)C1. The van der Waals surface area contributed by atoms with E-state index in [2.05, 4.69) is 52.2 Å². The zero-order chi connectivity index (χ0) is 19.3. The van der Waals surface area contributed by atoms with Crippen molar-refractivity contribution in [1.29, 1.82) is 0 Å². The van der Waals surface area contributed by atoms with Gasteiger partial charge in [0.15, 0.2) is 5.96 Å². The molecule has 6 heteroatoms. The molecule has 2 aliphatic heterocycles. The van der Waals surface area contributed by atoms with Crippen molar-refractivity contribution in [3.63, 3.8) is 0 Å². The lowest BCUT2D eigenvalue weighted by atomic mass is 9.84. The molecule has 0 aromatic heterocycles. The van der Waals surface area contributed by atoms with Crippen molar-refractivity contribution >= 4 is 5.96 Å². The van der Waals surface area contributed by atoms with E-state index in [0.29, 0.717) is 6.04 Å². The van der Waals surface area contributed by atoms with Crippen LogP contribution in [-0.2, 0) is 10.2 Å². The molecule has 1 aromatic rings. The topological polar surface area (TPSA) is 49.3 Å². The minimum atomic E-state index is -0.0200. The lowest BCUT2D eigenvalue weighted by Crippen LogP contribution is -2.48. The number of likely N-dealkylation sites (tertiary alicyclic amines) is 1. The first kappa shape index (κ1) is 20.0. The Morgan fingerprint density at radius 1 is 1.30 bits per heavy atom. The maximum atomic E-state index is 5.49. The minimum absolute atomic E-state index is 0.0200. The monoisotopic (exact) mass is 374 g/mol. The van der Waals surface area contributed by atoms with Gasteiger partial charge >= 0.3 is 0 Å². The number of methoxy groups -OCH3 is 1. The fourth-order valence-electron chi connectivity index (χ4n) is 3.95. The predicted molar refractivity (Wildman–Crippen MR) is 110 cm³/mol. The highest BCUT2D eigenvalue weighted by Gasteiger charge is 2.31. The molecule has 1 atom stereocenters. The minimum Gasteiger partial charge on any atom is -0.497 e. The van der Waals surface area contributed by atoms with Gasteiger partial charge in [-0.25, -0.2) is 0 Å². The molecule has 0 amide bonds. The van der Waals surface area contributed by atoms with Gasteiger partial charge in [0.05, 0.1) is 20.3 Å². The molecule has 0 aliphatic carbocycles. The van der Waals surface area contributed by atoms with Gasteiger partial charge < -0.3 is 19.7 Å². The number of rotatable bonds is 5. The summed E-state index contributed by atoms with van der Waals surface area (Å²) in [4.78, 5) is 9.50. The van der Waals surface area contributed by atoms with E-state index in [1.807, 2.05) is 13.1 Å². The molecule has 27 heavy (non-hydrogen) atoms. The molecule has 0 radical (unpaired) electrons. The third-order valence-corrected chi connectivity index (χ3v) is 5.78. The third kappa shape index (κ3) is 4.93. The summed E-state index contributed by atoms with van der Waals surface area (Å²) >= 11 is 0. The van der Waals surface area contributed by atoms with Crippen molar-refractivity contribution in [2.24, 2.45) is 4.99 Å². The number of hydrogen-bond acceptors (Lipinski definition) is 4. The Hall–Kier alpha value is -1.79. The molecule has 0 bridgehead atoms. The molecule has 2 aliphatic rings. The quantitative estimate of drug-likeness (QED) is 0.631. The summed E-state index contributed by atoms with van der Waals surface area (Å²) in [7, 11) is 3.59. The number of nitrogens with one attached hydrogen (secondary N) is 1. The van der Waals surface area contributed by atoms with E-state index in [9.17, 15) is 0 Å². The second kappa shape index (κ2) is 8.93. The van der Waals surface area contributed by atoms with Crippen LogP contribution in [0.5, 0.6) is 5.75 Å². The van der Waals surface area contributed by atoms with Crippen LogP contribution in [0.1, 0.15) is 25.8 Å². The van der Waals surface area contributed by atoms with E-state index in [1.165, 1.54) is 12.0 Å². The highest BCUT2D eigenvalue weighted by molar-refractivity contribution is 5.80. The summed E-state index contributed by atoms with van der Waals surface area (Å²) in [6.07, 6.45) is 1.19. The molecule has 0 spiro atoms. The van der Waals surface area contributed by atoms with Crippen molar-refractivity contribution in [3.05, 3.63) is 29.8 Å². The lowest BCUT2D eigenvalue weighted by molar-refractivity contribution is 0.0195. The Morgan fingerprint density at radius 3 is 2.78 bits per heavy atom. The molecular formula is C21H34N4O2. The Morgan fingerprint density at radius 2 is 2.07 bits per heavy atom. The summed E-state index contributed by atoms with van der Waals surface area (Å²) in [6, 6.07) is 8.94. The lowest BCUT2D eigenvalue weighted by Gasteiger charge is -2.33. The summed E-state index contributed by atoms with van der Waals surface area (Å²) in [6.45, 7) is 11.2. The number of morpholine rings is 1. The van der Waals surface area contributed by atoms with Crippen LogP contribution < -0.4 is 10.1 Å². The van der Waals surface area contributed by atoms with E-state index in [1.54, 1.807) is 7.11 Å². The van der Waals surface area contributed by atoms with Gasteiger partial charge in [0.25, 0.3) is 0 Å². The molecule has 6 nitrogen and oxygen atoms in total. The maximum absolute atomic E-state index is 5.49. The van der Waals surface area contributed by atoms with Crippen LogP contribution in [0.15, 0.2) is 29.3 Å². The number of aliphatic imine (C=N–C) groups is 1.